The van der Waals surface area contributed by atoms with Crippen LogP contribution in [-0.2, 0) is 6.18 Å². The van der Waals surface area contributed by atoms with Crippen LogP contribution in [0.1, 0.15) is 11.1 Å². The molecule has 0 atom stereocenters. The van der Waals surface area contributed by atoms with Gasteiger partial charge in [0.05, 0.1) is 24.4 Å². The Balaban J connectivity index is 1.37. The van der Waals surface area contributed by atoms with Crippen molar-refractivity contribution in [3.63, 3.8) is 0 Å². The Morgan fingerprint density at radius 2 is 0.978 bits per heavy atom. The van der Waals surface area contributed by atoms with Crippen molar-refractivity contribution >= 4 is 73.8 Å². The average Bonchev–Trinajstić information content (AvgIpc) is 3.74. The van der Waals surface area contributed by atoms with E-state index in [1.807, 2.05) is 30.6 Å². The highest BCUT2D eigenvalue weighted by Crippen LogP contribution is 2.48. The minimum atomic E-state index is -4.41. The molecule has 0 spiro atoms. The van der Waals surface area contributed by atoms with Gasteiger partial charge < -0.3 is 0 Å². The first-order valence-corrected chi connectivity index (χ1v) is 15.5. The van der Waals surface area contributed by atoms with Gasteiger partial charge in [0.2, 0.25) is 12.4 Å². The monoisotopic (exact) mass is 626 g/mol. The van der Waals surface area contributed by atoms with Crippen LogP contribution in [0.3, 0.4) is 0 Å². The van der Waals surface area contributed by atoms with Crippen molar-refractivity contribution in [3.8, 4) is 34.6 Å². The lowest BCUT2D eigenvalue weighted by molar-refractivity contribution is -0.137. The van der Waals surface area contributed by atoms with Gasteiger partial charge in [-0.25, -0.2) is 0 Å². The molecule has 0 saturated heterocycles. The first-order valence-electron chi connectivity index (χ1n) is 13.8. The molecule has 6 aromatic carbocycles. The molecular weight excluding hydrogens is 610 g/mol. The molecule has 0 radical (unpaired) electrons. The molecule has 214 valence electrons. The van der Waals surface area contributed by atoms with Crippen LogP contribution >= 0.6 is 22.7 Å². The van der Waals surface area contributed by atoms with Crippen molar-refractivity contribution in [1.82, 2.24) is 0 Å². The predicted molar refractivity (Wildman–Crippen MR) is 175 cm³/mol. The van der Waals surface area contributed by atoms with E-state index in [9.17, 15) is 23.7 Å². The molecule has 8 rings (SSSR count). The van der Waals surface area contributed by atoms with Crippen LogP contribution in [0.2, 0.25) is 0 Å². The number of benzene rings is 4. The summed E-state index contributed by atoms with van der Waals surface area (Å²) in [5.41, 5.74) is 3.97. The van der Waals surface area contributed by atoms with Crippen molar-refractivity contribution in [1.29, 1.82) is 10.5 Å². The van der Waals surface area contributed by atoms with E-state index in [2.05, 4.69) is 59.4 Å². The van der Waals surface area contributed by atoms with E-state index in [1.165, 1.54) is 17.7 Å². The number of halogens is 3. The molecule has 0 amide bonds. The third-order valence-electron chi connectivity index (χ3n) is 8.29. The molecule has 45 heavy (non-hydrogen) atoms. The summed E-state index contributed by atoms with van der Waals surface area (Å²) < 4.78 is 43.3. The lowest BCUT2D eigenvalue weighted by atomic mass is 10.0. The number of rotatable bonds is 2. The van der Waals surface area contributed by atoms with Gasteiger partial charge in [0.1, 0.15) is 10.7 Å². The smallest absolute Gasteiger partial charge is 0.172 e. The molecule has 8 aromatic rings. The normalized spacial score (nSPS) is 13.1. The molecule has 0 aliphatic heterocycles. The summed E-state index contributed by atoms with van der Waals surface area (Å²) in [4.78, 5) is 8.50. The topological polar surface area (TPSA) is 72.3 Å². The molecule has 0 saturated carbocycles. The Labute approximate surface area is 261 Å². The van der Waals surface area contributed by atoms with Gasteiger partial charge in [0.15, 0.2) is 0 Å². The molecule has 0 fully saturated rings. The van der Waals surface area contributed by atoms with Crippen LogP contribution in [0.25, 0.3) is 73.4 Å². The number of thiophene rings is 2. The molecule has 2 heterocycles. The highest BCUT2D eigenvalue weighted by molar-refractivity contribution is 7.37. The lowest BCUT2D eigenvalue weighted by Crippen LogP contribution is -2.04. The minimum absolute atomic E-state index is 0.553. The van der Waals surface area contributed by atoms with Gasteiger partial charge in [-0.3, -0.25) is 0 Å². The SMILES string of the molecule is Cc1ccc(-c2ccc3c(c2)/c(=N/C#N)c2sc4c(sc5/c(=N/C#N)c6cc(-c7ccc(C(F)(F)F)cc7)ccc6c54)c23)cc1. The Kier molecular flexibility index (Phi) is 5.95. The van der Waals surface area contributed by atoms with Gasteiger partial charge in [0, 0.05) is 21.5 Å². The van der Waals surface area contributed by atoms with E-state index in [0.717, 1.165) is 79.9 Å². The zero-order valence-electron chi connectivity index (χ0n) is 23.3. The van der Waals surface area contributed by atoms with Gasteiger partial charge in [-0.15, -0.1) is 22.7 Å². The number of hydrogen-bond donors (Lipinski definition) is 0. The number of fused-ring (bicyclic) bond motifs is 9. The van der Waals surface area contributed by atoms with Crippen LogP contribution in [0, 0.1) is 29.8 Å². The van der Waals surface area contributed by atoms with E-state index in [-0.39, 0.29) is 0 Å². The average molecular weight is 627 g/mol. The summed E-state index contributed by atoms with van der Waals surface area (Å²) >= 11 is 3.14. The second-order valence-electron chi connectivity index (χ2n) is 10.9. The molecule has 0 aliphatic carbocycles. The number of hydrogen-bond acceptors (Lipinski definition) is 6. The van der Waals surface area contributed by atoms with Crippen LogP contribution in [-0.4, -0.2) is 0 Å². The number of aryl methyl sites for hydroxylation is 1. The Morgan fingerprint density at radius 1 is 0.556 bits per heavy atom. The summed E-state index contributed by atoms with van der Waals surface area (Å²) in [6, 6.07) is 25.4. The maximum absolute atomic E-state index is 13.1. The summed E-state index contributed by atoms with van der Waals surface area (Å²) in [6.07, 6.45) is -0.465. The van der Waals surface area contributed by atoms with E-state index in [0.29, 0.717) is 16.3 Å². The Bertz CT molecular complexity index is 2710. The van der Waals surface area contributed by atoms with Gasteiger partial charge in [-0.2, -0.15) is 33.7 Å². The zero-order chi connectivity index (χ0) is 31.0. The highest BCUT2D eigenvalue weighted by atomic mass is 32.1. The predicted octanol–water partition coefficient (Wildman–Crippen LogP) is 9.88. The van der Waals surface area contributed by atoms with Gasteiger partial charge >= 0.3 is 6.18 Å². The summed E-state index contributed by atoms with van der Waals surface area (Å²) in [6.45, 7) is 2.05. The molecule has 0 bridgehead atoms. The van der Waals surface area contributed by atoms with Gasteiger partial charge in [0.25, 0.3) is 0 Å². The minimum Gasteiger partial charge on any atom is -0.172 e. The van der Waals surface area contributed by atoms with Crippen molar-refractivity contribution in [2.45, 2.75) is 13.1 Å². The molecule has 9 heteroatoms. The van der Waals surface area contributed by atoms with Crippen LogP contribution in [0.5, 0.6) is 0 Å². The van der Waals surface area contributed by atoms with Crippen molar-refractivity contribution in [2.75, 3.05) is 0 Å². The summed E-state index contributed by atoms with van der Waals surface area (Å²) in [5, 5.41) is 26.1. The number of alkyl halides is 3. The molecule has 0 aliphatic rings. The first kappa shape index (κ1) is 27.2. The van der Waals surface area contributed by atoms with E-state index >= 15 is 0 Å². The van der Waals surface area contributed by atoms with Crippen molar-refractivity contribution in [2.24, 2.45) is 9.98 Å². The molecule has 0 unspecified atom stereocenters. The standard InChI is InChI=1S/C36H17F3N4S2/c1-18-2-4-19(5-3-18)21-8-12-24-26(14-21)30(42-16-40)32-28(24)34-35(44-32)29-25-13-9-22(15-27(25)31(43-17-41)33(29)45-34)20-6-10-23(11-7-20)36(37,38)39/h2-15H,1H3/b42-30-,43-31+. The molecule has 4 nitrogen and oxygen atoms in total. The number of nitriles is 2. The van der Waals surface area contributed by atoms with Crippen molar-refractivity contribution < 1.29 is 13.2 Å². The largest absolute Gasteiger partial charge is 0.416 e. The van der Waals surface area contributed by atoms with Crippen LogP contribution < -0.4 is 10.7 Å². The fourth-order valence-electron chi connectivity index (χ4n) is 6.20. The quantitative estimate of drug-likeness (QED) is 0.179. The fourth-order valence-corrected chi connectivity index (χ4v) is 9.13. The van der Waals surface area contributed by atoms with Crippen LogP contribution in [0.15, 0.2) is 94.9 Å². The lowest BCUT2D eigenvalue weighted by Gasteiger charge is -2.08. The maximum atomic E-state index is 13.1. The van der Waals surface area contributed by atoms with E-state index in [4.69, 9.17) is 0 Å². The maximum Gasteiger partial charge on any atom is 0.416 e. The van der Waals surface area contributed by atoms with Crippen molar-refractivity contribution in [3.05, 3.63) is 107 Å². The van der Waals surface area contributed by atoms with Crippen LogP contribution in [0.4, 0.5) is 13.2 Å². The third kappa shape index (κ3) is 4.09. The first-order chi connectivity index (χ1) is 21.8. The van der Waals surface area contributed by atoms with E-state index in [1.54, 1.807) is 22.7 Å². The zero-order valence-corrected chi connectivity index (χ0v) is 25.0. The second-order valence-corrected chi connectivity index (χ2v) is 12.9. The fraction of sp³-hybridized carbons (Fsp3) is 0.0556. The Morgan fingerprint density at radius 3 is 1.40 bits per heavy atom. The summed E-state index contributed by atoms with van der Waals surface area (Å²) in [5.74, 6) is 0. The van der Waals surface area contributed by atoms with Gasteiger partial charge in [-0.05, 0) is 64.2 Å². The van der Waals surface area contributed by atoms with Gasteiger partial charge in [-0.1, -0.05) is 66.2 Å². The molecule has 0 N–H and O–H groups in total. The van der Waals surface area contributed by atoms with E-state index < -0.39 is 11.7 Å². The number of nitrogens with zero attached hydrogens (tertiary/aromatic N) is 4. The molecule has 2 aromatic heterocycles. The second kappa shape index (κ2) is 9.83. The summed E-state index contributed by atoms with van der Waals surface area (Å²) in [7, 11) is 0. The Hall–Kier alpha value is -5.35. The third-order valence-corrected chi connectivity index (χ3v) is 10.9. The highest BCUT2D eigenvalue weighted by Gasteiger charge is 2.30. The molecular formula is C36H17F3N4S2.